The summed E-state index contributed by atoms with van der Waals surface area (Å²) in [6, 6.07) is 8.67. The molecule has 1 unspecified atom stereocenters. The molecule has 1 saturated heterocycles. The molecule has 3 N–H and O–H groups in total. The van der Waals surface area contributed by atoms with Gasteiger partial charge in [-0.05, 0) is 24.8 Å². The number of aliphatic hydroxyl groups is 1. The van der Waals surface area contributed by atoms with Crippen LogP contribution in [-0.4, -0.2) is 62.9 Å². The van der Waals surface area contributed by atoms with Gasteiger partial charge in [0.2, 0.25) is 13.3 Å². The Morgan fingerprint density at radius 2 is 1.88 bits per heavy atom. The quantitative estimate of drug-likeness (QED) is 0.470. The number of amides is 1. The van der Waals surface area contributed by atoms with Crippen LogP contribution in [0.4, 0.5) is 0 Å². The molecule has 0 aromatic heterocycles. The number of aryl methyl sites for hydroxylation is 1. The number of hydrogen-bond acceptors (Lipinski definition) is 4. The van der Waals surface area contributed by atoms with E-state index in [-0.39, 0.29) is 19.1 Å². The van der Waals surface area contributed by atoms with Gasteiger partial charge in [0.15, 0.2) is 0 Å². The van der Waals surface area contributed by atoms with Crippen molar-refractivity contribution in [3.05, 3.63) is 35.9 Å². The summed E-state index contributed by atoms with van der Waals surface area (Å²) in [6.45, 7) is -0.107. The number of carboxylic acids is 1. The predicted molar refractivity (Wildman–Crippen MR) is 92.7 cm³/mol. The second kappa shape index (κ2) is 8.61. The highest BCUT2D eigenvalue weighted by Crippen LogP contribution is 2.42. The monoisotopic (exact) mass is 369 g/mol. The molecule has 1 fully saturated rings. The van der Waals surface area contributed by atoms with Crippen molar-refractivity contribution >= 4 is 19.2 Å². The average Bonchev–Trinajstić information content (AvgIpc) is 2.95. The Kier molecular flexibility index (Phi) is 6.76. The van der Waals surface area contributed by atoms with E-state index in [2.05, 4.69) is 0 Å². The van der Waals surface area contributed by atoms with Crippen LogP contribution < -0.4 is 0 Å². The summed E-state index contributed by atoms with van der Waals surface area (Å²) in [6.07, 6.45) is 0.550. The highest BCUT2D eigenvalue weighted by molar-refractivity contribution is 7.58. The first kappa shape index (κ1) is 19.6. The molecular weight excluding hydrogens is 345 g/mol. The van der Waals surface area contributed by atoms with E-state index in [1.54, 1.807) is 0 Å². The first-order valence-corrected chi connectivity index (χ1v) is 10.4. The molecule has 7 nitrogen and oxygen atoms in total. The van der Waals surface area contributed by atoms with Crippen LogP contribution in [-0.2, 0) is 20.6 Å². The molecule has 3 atom stereocenters. The predicted octanol–water partition coefficient (Wildman–Crippen LogP) is 1.33. The molecule has 25 heavy (non-hydrogen) atoms. The van der Waals surface area contributed by atoms with Gasteiger partial charge in [-0.25, -0.2) is 4.79 Å². The lowest BCUT2D eigenvalue weighted by atomic mass is 10.1. The van der Waals surface area contributed by atoms with Crippen LogP contribution in [0.5, 0.6) is 0 Å². The standard InChI is InChI=1S/C17H24NO6P/c19-14-10-15(17(21)22)18(11-14)16(20)12-25(23,24)9-5-4-8-13-6-2-1-3-7-13/h1-3,6-7,14-15,19H,4-5,8-12H2,(H,21,22)(H,23,24)/t14-,15+/m1/s1. The number of nitrogens with zero attached hydrogens (tertiary/aromatic N) is 1. The van der Waals surface area contributed by atoms with Crippen molar-refractivity contribution in [2.24, 2.45) is 0 Å². The molecule has 0 spiro atoms. The number of benzene rings is 1. The van der Waals surface area contributed by atoms with Crippen LogP contribution in [0.25, 0.3) is 0 Å². The number of hydrogen-bond donors (Lipinski definition) is 3. The molecule has 1 amide bonds. The molecule has 1 aromatic carbocycles. The Balaban J connectivity index is 1.80. The van der Waals surface area contributed by atoms with Crippen molar-refractivity contribution in [2.45, 2.75) is 37.8 Å². The molecule has 2 rings (SSSR count). The molecule has 0 radical (unpaired) electrons. The maximum Gasteiger partial charge on any atom is 0.326 e. The van der Waals surface area contributed by atoms with Crippen molar-refractivity contribution in [1.29, 1.82) is 0 Å². The van der Waals surface area contributed by atoms with Crippen LogP contribution in [0.3, 0.4) is 0 Å². The number of unbranched alkanes of at least 4 members (excludes halogenated alkanes) is 1. The summed E-state index contributed by atoms with van der Waals surface area (Å²) in [5.74, 6) is -1.89. The third kappa shape index (κ3) is 5.96. The SMILES string of the molecule is O=C(O)[C@@H]1C[C@@H](O)CN1C(=O)CP(=O)(O)CCCCc1ccccc1. The lowest BCUT2D eigenvalue weighted by molar-refractivity contribution is -0.147. The number of rotatable bonds is 8. The smallest absolute Gasteiger partial charge is 0.326 e. The first-order valence-electron chi connectivity index (χ1n) is 8.33. The van der Waals surface area contributed by atoms with Gasteiger partial charge in [-0.1, -0.05) is 30.3 Å². The van der Waals surface area contributed by atoms with Gasteiger partial charge < -0.3 is 20.0 Å². The molecule has 1 aromatic rings. The van der Waals surface area contributed by atoms with Crippen molar-refractivity contribution in [2.75, 3.05) is 18.9 Å². The molecule has 0 bridgehead atoms. The fourth-order valence-electron chi connectivity index (χ4n) is 3.04. The fraction of sp³-hybridized carbons (Fsp3) is 0.529. The lowest BCUT2D eigenvalue weighted by Gasteiger charge is -2.22. The van der Waals surface area contributed by atoms with Gasteiger partial charge in [0.05, 0.1) is 6.10 Å². The summed E-state index contributed by atoms with van der Waals surface area (Å²) >= 11 is 0. The van der Waals surface area contributed by atoms with Crippen molar-refractivity contribution in [3.8, 4) is 0 Å². The van der Waals surface area contributed by atoms with Crippen LogP contribution in [0, 0.1) is 0 Å². The summed E-state index contributed by atoms with van der Waals surface area (Å²) in [5, 5.41) is 18.7. The number of carboxylic acid groups (broad SMARTS) is 1. The van der Waals surface area contributed by atoms with E-state index in [4.69, 9.17) is 5.11 Å². The maximum absolute atomic E-state index is 12.2. The highest BCUT2D eigenvalue weighted by atomic mass is 31.2. The van der Waals surface area contributed by atoms with Crippen molar-refractivity contribution in [3.63, 3.8) is 0 Å². The Morgan fingerprint density at radius 1 is 1.20 bits per heavy atom. The third-order valence-corrected chi connectivity index (χ3v) is 6.11. The van der Waals surface area contributed by atoms with Gasteiger partial charge >= 0.3 is 5.97 Å². The van der Waals surface area contributed by atoms with Gasteiger partial charge in [-0.3, -0.25) is 9.36 Å². The molecule has 0 aliphatic carbocycles. The van der Waals surface area contributed by atoms with Gasteiger partial charge in [-0.15, -0.1) is 0 Å². The van der Waals surface area contributed by atoms with Crippen LogP contribution in [0.1, 0.15) is 24.8 Å². The van der Waals surface area contributed by atoms with E-state index < -0.39 is 37.6 Å². The molecular formula is C17H24NO6P. The molecule has 1 aliphatic heterocycles. The average molecular weight is 369 g/mol. The Hall–Kier alpha value is -1.69. The zero-order valence-electron chi connectivity index (χ0n) is 14.0. The minimum Gasteiger partial charge on any atom is -0.480 e. The van der Waals surface area contributed by atoms with E-state index >= 15 is 0 Å². The third-order valence-electron chi connectivity index (χ3n) is 4.33. The zero-order chi connectivity index (χ0) is 18.4. The maximum atomic E-state index is 12.2. The van der Waals surface area contributed by atoms with E-state index in [0.29, 0.717) is 6.42 Å². The fourth-order valence-corrected chi connectivity index (χ4v) is 4.52. The van der Waals surface area contributed by atoms with Gasteiger partial charge in [-0.2, -0.15) is 0 Å². The first-order chi connectivity index (χ1) is 11.8. The van der Waals surface area contributed by atoms with E-state index in [0.717, 1.165) is 23.3 Å². The van der Waals surface area contributed by atoms with E-state index in [1.165, 1.54) is 0 Å². The molecule has 1 aliphatic rings. The number of aliphatic carboxylic acids is 1. The second-order valence-corrected chi connectivity index (χ2v) is 8.92. The lowest BCUT2D eigenvalue weighted by Crippen LogP contribution is -2.42. The minimum atomic E-state index is -3.66. The van der Waals surface area contributed by atoms with Crippen molar-refractivity contribution < 1.29 is 29.3 Å². The number of carbonyl (C=O) groups excluding carboxylic acids is 1. The molecule has 0 saturated carbocycles. The second-order valence-electron chi connectivity index (χ2n) is 6.46. The van der Waals surface area contributed by atoms with Gasteiger partial charge in [0.25, 0.3) is 0 Å². The Morgan fingerprint density at radius 3 is 2.52 bits per heavy atom. The summed E-state index contributed by atoms with van der Waals surface area (Å²) in [5.41, 5.74) is 1.15. The van der Waals surface area contributed by atoms with Crippen LogP contribution in [0.2, 0.25) is 0 Å². The number of likely N-dealkylation sites (tertiary alicyclic amines) is 1. The summed E-state index contributed by atoms with van der Waals surface area (Å²) < 4.78 is 12.2. The normalized spacial score (nSPS) is 22.6. The van der Waals surface area contributed by atoms with Gasteiger partial charge in [0, 0.05) is 19.1 Å². The summed E-state index contributed by atoms with van der Waals surface area (Å²) in [4.78, 5) is 34.4. The van der Waals surface area contributed by atoms with Gasteiger partial charge in [0.1, 0.15) is 12.2 Å². The van der Waals surface area contributed by atoms with Crippen molar-refractivity contribution in [1.82, 2.24) is 4.90 Å². The minimum absolute atomic E-state index is 0.0275. The highest BCUT2D eigenvalue weighted by Gasteiger charge is 2.40. The number of β-amino-alcohol motifs (C(OH)–C–C–N with tert-alkyl or cyclic N) is 1. The molecule has 138 valence electrons. The molecule has 8 heteroatoms. The zero-order valence-corrected chi connectivity index (χ0v) is 14.8. The Labute approximate surface area is 146 Å². The Bertz CT molecular complexity index is 650. The largest absolute Gasteiger partial charge is 0.480 e. The topological polar surface area (TPSA) is 115 Å². The van der Waals surface area contributed by atoms with E-state index in [1.807, 2.05) is 30.3 Å². The molecule has 1 heterocycles. The summed E-state index contributed by atoms with van der Waals surface area (Å²) in [7, 11) is -3.66. The van der Waals surface area contributed by atoms with E-state index in [9.17, 15) is 24.2 Å². The van der Waals surface area contributed by atoms with Crippen LogP contribution in [0.15, 0.2) is 30.3 Å². The number of aliphatic hydroxyl groups excluding tert-OH is 1. The number of carbonyl (C=O) groups is 2. The van der Waals surface area contributed by atoms with Crippen LogP contribution >= 0.6 is 7.37 Å².